The molecule has 37 heavy (non-hydrogen) atoms. The van der Waals surface area contributed by atoms with Crippen molar-refractivity contribution in [3.05, 3.63) is 63.4 Å². The highest BCUT2D eigenvalue weighted by Crippen LogP contribution is 2.57. The summed E-state index contributed by atoms with van der Waals surface area (Å²) >= 11 is 12.5. The molecule has 2 fully saturated rings. The van der Waals surface area contributed by atoms with E-state index in [1.807, 2.05) is 6.07 Å². The highest BCUT2D eigenvalue weighted by Gasteiger charge is 2.66. The summed E-state index contributed by atoms with van der Waals surface area (Å²) in [6.45, 7) is 7.94. The third-order valence-electron chi connectivity index (χ3n) is 7.91. The molecule has 3 aliphatic rings. The summed E-state index contributed by atoms with van der Waals surface area (Å²) < 4.78 is 14.9. The van der Waals surface area contributed by atoms with Gasteiger partial charge in [-0.2, -0.15) is 0 Å². The fourth-order valence-electron chi connectivity index (χ4n) is 6.53. The largest absolute Gasteiger partial charge is 0.390 e. The molecule has 0 aromatic heterocycles. The van der Waals surface area contributed by atoms with Gasteiger partial charge in [-0.25, -0.2) is 4.39 Å². The fraction of sp³-hybridized carbons (Fsp3) is 0.500. The quantitative estimate of drug-likeness (QED) is 0.437. The zero-order valence-corrected chi connectivity index (χ0v) is 22.8. The maximum atomic E-state index is 14.9. The van der Waals surface area contributed by atoms with Crippen molar-refractivity contribution in [3.63, 3.8) is 0 Å². The van der Waals surface area contributed by atoms with E-state index in [9.17, 15) is 19.1 Å². The number of carbonyl (C=O) groups is 2. The van der Waals surface area contributed by atoms with Gasteiger partial charge in [0.25, 0.3) is 0 Å². The lowest BCUT2D eigenvalue weighted by Crippen LogP contribution is -2.57. The van der Waals surface area contributed by atoms with Crippen LogP contribution >= 0.6 is 23.2 Å². The molecule has 4 N–H and O–H groups in total. The van der Waals surface area contributed by atoms with E-state index in [0.717, 1.165) is 0 Å². The monoisotopic (exact) mass is 547 g/mol. The van der Waals surface area contributed by atoms with E-state index in [1.165, 1.54) is 12.1 Å². The first-order chi connectivity index (χ1) is 17.2. The van der Waals surface area contributed by atoms with Crippen molar-refractivity contribution in [2.75, 3.05) is 5.32 Å². The van der Waals surface area contributed by atoms with Gasteiger partial charge in [0.1, 0.15) is 11.2 Å². The molecule has 6 nitrogen and oxygen atoms in total. The molecule has 0 unspecified atom stereocenters. The van der Waals surface area contributed by atoms with Gasteiger partial charge in [0.15, 0.2) is 0 Å². The lowest BCUT2D eigenvalue weighted by molar-refractivity contribution is -0.127. The Hall–Kier alpha value is -2.19. The van der Waals surface area contributed by atoms with Gasteiger partial charge in [0.2, 0.25) is 11.8 Å². The van der Waals surface area contributed by atoms with E-state index in [0.29, 0.717) is 41.1 Å². The van der Waals surface area contributed by atoms with E-state index in [-0.39, 0.29) is 28.3 Å². The molecule has 1 saturated heterocycles. The summed E-state index contributed by atoms with van der Waals surface area (Å²) in [7, 11) is 0. The molecule has 1 spiro atoms. The first-order valence-electron chi connectivity index (χ1n) is 12.6. The SMILES string of the molecule is CC(C)(C)C[C@H]1N[C@@H](C(=O)NC2CC(C)(O)C2)[C@H](c2cccc(Cl)c2)[C@@]12C(=O)Nc1cc(Cl)c(F)cc12. The van der Waals surface area contributed by atoms with Crippen LogP contribution in [0, 0.1) is 11.2 Å². The van der Waals surface area contributed by atoms with Gasteiger partial charge < -0.3 is 21.1 Å². The average molecular weight is 548 g/mol. The Balaban J connectivity index is 1.68. The Kier molecular flexibility index (Phi) is 6.38. The highest BCUT2D eigenvalue weighted by molar-refractivity contribution is 6.31. The number of anilines is 1. The zero-order valence-electron chi connectivity index (χ0n) is 21.3. The van der Waals surface area contributed by atoms with Crippen LogP contribution in [0.5, 0.6) is 0 Å². The Morgan fingerprint density at radius 3 is 2.54 bits per heavy atom. The van der Waals surface area contributed by atoms with Crippen LogP contribution in [0.3, 0.4) is 0 Å². The molecule has 1 saturated carbocycles. The molecular weight excluding hydrogens is 516 g/mol. The molecule has 2 amide bonds. The van der Waals surface area contributed by atoms with Crippen LogP contribution in [0.15, 0.2) is 36.4 Å². The molecule has 0 radical (unpaired) electrons. The Morgan fingerprint density at radius 2 is 1.92 bits per heavy atom. The van der Waals surface area contributed by atoms with Crippen molar-refractivity contribution in [1.29, 1.82) is 0 Å². The molecule has 5 rings (SSSR count). The second-order valence-corrected chi connectivity index (χ2v) is 13.1. The normalized spacial score (nSPS) is 32.7. The van der Waals surface area contributed by atoms with E-state index in [4.69, 9.17) is 23.2 Å². The average Bonchev–Trinajstić information content (AvgIpc) is 3.22. The molecule has 2 aliphatic heterocycles. The second-order valence-electron chi connectivity index (χ2n) is 12.2. The molecule has 9 heteroatoms. The Morgan fingerprint density at radius 1 is 1.22 bits per heavy atom. The van der Waals surface area contributed by atoms with Crippen LogP contribution in [-0.2, 0) is 15.0 Å². The van der Waals surface area contributed by atoms with Crippen LogP contribution in [0.25, 0.3) is 0 Å². The minimum absolute atomic E-state index is 0.0833. The molecule has 4 atom stereocenters. The van der Waals surface area contributed by atoms with Crippen molar-refractivity contribution >= 4 is 40.7 Å². The fourth-order valence-corrected chi connectivity index (χ4v) is 6.89. The van der Waals surface area contributed by atoms with Crippen molar-refractivity contribution < 1.29 is 19.1 Å². The number of benzene rings is 2. The molecule has 2 aromatic carbocycles. The number of carbonyl (C=O) groups excluding carboxylic acids is 2. The predicted molar refractivity (Wildman–Crippen MR) is 142 cm³/mol. The predicted octanol–water partition coefficient (Wildman–Crippen LogP) is 4.91. The van der Waals surface area contributed by atoms with Crippen molar-refractivity contribution in [3.8, 4) is 0 Å². The minimum Gasteiger partial charge on any atom is -0.390 e. The highest BCUT2D eigenvalue weighted by atomic mass is 35.5. The standard InChI is InChI=1S/C28H32Cl2FN3O3/c1-26(2,3)13-21-28(17-9-19(31)18(30)10-20(17)33-25(28)36)22(14-6-5-7-15(29)8-14)23(34-21)24(35)32-16-11-27(4,37)12-16/h5-10,16,21-23,34,37H,11-13H2,1-4H3,(H,32,35)(H,33,36)/t16?,21-,22+,23-,27?,28+/m1/s1. The van der Waals surface area contributed by atoms with Crippen LogP contribution in [0.2, 0.25) is 10.0 Å². The Labute approximate surface area is 226 Å². The number of hydrogen-bond donors (Lipinski definition) is 4. The number of halogens is 3. The summed E-state index contributed by atoms with van der Waals surface area (Å²) in [6, 6.07) is 8.46. The number of nitrogens with one attached hydrogen (secondary N) is 3. The summed E-state index contributed by atoms with van der Waals surface area (Å²) in [5.41, 5.74) is -0.671. The van der Waals surface area contributed by atoms with Gasteiger partial charge in [0, 0.05) is 28.7 Å². The van der Waals surface area contributed by atoms with Crippen LogP contribution in [-0.4, -0.2) is 40.6 Å². The number of aliphatic hydroxyl groups is 1. The molecule has 2 heterocycles. The van der Waals surface area contributed by atoms with Crippen molar-refractivity contribution in [2.45, 2.75) is 82.0 Å². The molecular formula is C28H32Cl2FN3O3. The third kappa shape index (κ3) is 4.54. The van der Waals surface area contributed by atoms with Crippen LogP contribution < -0.4 is 16.0 Å². The second kappa shape index (κ2) is 8.94. The van der Waals surface area contributed by atoms with Gasteiger partial charge in [-0.3, -0.25) is 9.59 Å². The molecule has 1 aliphatic carbocycles. The molecule has 2 aromatic rings. The van der Waals surface area contributed by atoms with E-state index in [2.05, 4.69) is 36.7 Å². The van der Waals surface area contributed by atoms with Gasteiger partial charge in [-0.05, 0) is 67.0 Å². The smallest absolute Gasteiger partial charge is 0.238 e. The molecule has 198 valence electrons. The van der Waals surface area contributed by atoms with Crippen molar-refractivity contribution in [1.82, 2.24) is 10.6 Å². The summed E-state index contributed by atoms with van der Waals surface area (Å²) in [6.07, 6.45) is 1.46. The third-order valence-corrected chi connectivity index (χ3v) is 8.43. The van der Waals surface area contributed by atoms with E-state index < -0.39 is 34.8 Å². The topological polar surface area (TPSA) is 90.5 Å². The van der Waals surface area contributed by atoms with Crippen molar-refractivity contribution in [2.24, 2.45) is 5.41 Å². The zero-order chi connectivity index (χ0) is 26.9. The van der Waals surface area contributed by atoms with E-state index >= 15 is 0 Å². The summed E-state index contributed by atoms with van der Waals surface area (Å²) in [5, 5.41) is 20.0. The van der Waals surface area contributed by atoms with Gasteiger partial charge in [0.05, 0.1) is 16.7 Å². The first kappa shape index (κ1) is 26.4. The number of fused-ring (bicyclic) bond motifs is 2. The number of amides is 2. The molecule has 0 bridgehead atoms. The number of hydrogen-bond acceptors (Lipinski definition) is 4. The van der Waals surface area contributed by atoms with Gasteiger partial charge >= 0.3 is 0 Å². The number of rotatable bonds is 4. The lowest BCUT2D eigenvalue weighted by atomic mass is 9.62. The summed E-state index contributed by atoms with van der Waals surface area (Å²) in [5.74, 6) is -1.88. The van der Waals surface area contributed by atoms with E-state index in [1.54, 1.807) is 25.1 Å². The Bertz CT molecular complexity index is 1270. The first-order valence-corrected chi connectivity index (χ1v) is 13.3. The lowest BCUT2D eigenvalue weighted by Gasteiger charge is -2.42. The van der Waals surface area contributed by atoms with Gasteiger partial charge in [-0.1, -0.05) is 56.1 Å². The summed E-state index contributed by atoms with van der Waals surface area (Å²) in [4.78, 5) is 27.9. The maximum Gasteiger partial charge on any atom is 0.238 e. The van der Waals surface area contributed by atoms with Gasteiger partial charge in [-0.15, -0.1) is 0 Å². The van der Waals surface area contributed by atoms with Crippen LogP contribution in [0.4, 0.5) is 10.1 Å². The van der Waals surface area contributed by atoms with Crippen LogP contribution in [0.1, 0.15) is 64.0 Å². The maximum absolute atomic E-state index is 14.9. The minimum atomic E-state index is -1.29.